The summed E-state index contributed by atoms with van der Waals surface area (Å²) >= 11 is 0. The van der Waals surface area contributed by atoms with Gasteiger partial charge in [0.1, 0.15) is 6.26 Å². The van der Waals surface area contributed by atoms with Gasteiger partial charge in [-0.05, 0) is 0 Å². The second kappa shape index (κ2) is 6.56. The Morgan fingerprint density at radius 3 is 2.71 bits per heavy atom. The van der Waals surface area contributed by atoms with Gasteiger partial charge in [-0.1, -0.05) is 19.0 Å². The Hall–Kier alpha value is -0.870. The van der Waals surface area contributed by atoms with E-state index in [4.69, 9.17) is 4.52 Å². The van der Waals surface area contributed by atoms with Gasteiger partial charge in [0, 0.05) is 38.8 Å². The van der Waals surface area contributed by atoms with E-state index in [0.29, 0.717) is 0 Å². The van der Waals surface area contributed by atoms with Gasteiger partial charge in [0.25, 0.3) is 0 Å². The molecule has 4 nitrogen and oxygen atoms in total. The molecule has 0 radical (unpaired) electrons. The van der Waals surface area contributed by atoms with Crippen molar-refractivity contribution in [3.8, 4) is 0 Å². The second-order valence-corrected chi connectivity index (χ2v) is 3.02. The highest BCUT2D eigenvalue weighted by Crippen LogP contribution is 2.01. The fraction of sp³-hybridized carbons (Fsp3) is 0.700. The first-order chi connectivity index (χ1) is 6.95. The fourth-order valence-corrected chi connectivity index (χ4v) is 1.42. The van der Waals surface area contributed by atoms with Gasteiger partial charge in [0.05, 0.1) is 5.69 Å². The number of nitrogens with one attached hydrogen (secondary N) is 1. The minimum atomic E-state index is 0.915. The van der Waals surface area contributed by atoms with Crippen molar-refractivity contribution < 1.29 is 4.52 Å². The lowest BCUT2D eigenvalue weighted by atomic mass is 10.3. The molecule has 4 heteroatoms. The van der Waals surface area contributed by atoms with Gasteiger partial charge >= 0.3 is 0 Å². The van der Waals surface area contributed by atoms with E-state index in [2.05, 4.69) is 15.4 Å². The summed E-state index contributed by atoms with van der Waals surface area (Å²) in [5.41, 5.74) is 1.02. The normalized spacial score (nSPS) is 17.3. The van der Waals surface area contributed by atoms with Crippen LogP contribution in [0.1, 0.15) is 19.5 Å². The molecule has 0 amide bonds. The number of rotatable bonds is 2. The van der Waals surface area contributed by atoms with Crippen LogP contribution in [0.4, 0.5) is 0 Å². The molecule has 1 aliphatic rings. The number of nitrogens with zero attached hydrogens (tertiary/aromatic N) is 2. The Morgan fingerprint density at radius 1 is 1.43 bits per heavy atom. The maximum atomic E-state index is 4.76. The third kappa shape index (κ3) is 3.47. The standard InChI is InChI=1S/C8H13N3O.C2H6/c1-6-12-10-8(1)7-11-4-2-9-3-5-11;1-2/h1,6,9H,2-5,7H2;1-2H3. The average Bonchev–Trinajstić information content (AvgIpc) is 2.75. The van der Waals surface area contributed by atoms with Crippen LogP contribution >= 0.6 is 0 Å². The molecule has 1 aromatic rings. The van der Waals surface area contributed by atoms with Crippen molar-refractivity contribution in [1.29, 1.82) is 0 Å². The van der Waals surface area contributed by atoms with E-state index in [0.717, 1.165) is 38.4 Å². The maximum Gasteiger partial charge on any atom is 0.124 e. The van der Waals surface area contributed by atoms with Crippen molar-refractivity contribution in [1.82, 2.24) is 15.4 Å². The van der Waals surface area contributed by atoms with E-state index in [1.165, 1.54) is 0 Å². The first-order valence-electron chi connectivity index (χ1n) is 5.27. The van der Waals surface area contributed by atoms with Crippen LogP contribution in [0.2, 0.25) is 0 Å². The molecule has 1 aliphatic heterocycles. The summed E-state index contributed by atoms with van der Waals surface area (Å²) in [5.74, 6) is 0. The van der Waals surface area contributed by atoms with Crippen molar-refractivity contribution in [2.45, 2.75) is 20.4 Å². The average molecular weight is 197 g/mol. The molecule has 0 atom stereocenters. The molecule has 0 saturated carbocycles. The smallest absolute Gasteiger partial charge is 0.124 e. The zero-order valence-corrected chi connectivity index (χ0v) is 8.99. The van der Waals surface area contributed by atoms with Crippen molar-refractivity contribution in [2.24, 2.45) is 0 Å². The Kier molecular flexibility index (Phi) is 5.25. The molecule has 1 aromatic heterocycles. The lowest BCUT2D eigenvalue weighted by Crippen LogP contribution is -2.42. The van der Waals surface area contributed by atoms with Crippen LogP contribution in [0, 0.1) is 0 Å². The summed E-state index contributed by atoms with van der Waals surface area (Å²) in [5, 5.41) is 7.18. The molecule has 0 spiro atoms. The van der Waals surface area contributed by atoms with Gasteiger partial charge < -0.3 is 9.84 Å². The van der Waals surface area contributed by atoms with Crippen LogP contribution in [-0.4, -0.2) is 36.2 Å². The van der Waals surface area contributed by atoms with Gasteiger partial charge in [-0.2, -0.15) is 0 Å². The number of hydrogen-bond acceptors (Lipinski definition) is 4. The topological polar surface area (TPSA) is 41.3 Å². The molecule has 1 fully saturated rings. The highest BCUT2D eigenvalue weighted by Gasteiger charge is 2.10. The van der Waals surface area contributed by atoms with Gasteiger partial charge in [-0.15, -0.1) is 0 Å². The monoisotopic (exact) mass is 197 g/mol. The van der Waals surface area contributed by atoms with Crippen LogP contribution in [0.3, 0.4) is 0 Å². The molecule has 0 aromatic carbocycles. The minimum absolute atomic E-state index is 0.915. The molecular formula is C10H19N3O. The maximum absolute atomic E-state index is 4.76. The van der Waals surface area contributed by atoms with E-state index in [1.807, 2.05) is 19.9 Å². The lowest BCUT2D eigenvalue weighted by molar-refractivity contribution is 0.226. The van der Waals surface area contributed by atoms with Gasteiger partial charge in [-0.3, -0.25) is 4.90 Å². The highest BCUT2D eigenvalue weighted by molar-refractivity contribution is 4.95. The largest absolute Gasteiger partial charge is 0.364 e. The Morgan fingerprint density at radius 2 is 2.14 bits per heavy atom. The predicted octanol–water partition coefficient (Wildman–Crippen LogP) is 1.11. The molecule has 2 heterocycles. The van der Waals surface area contributed by atoms with Gasteiger partial charge in [0.2, 0.25) is 0 Å². The van der Waals surface area contributed by atoms with Crippen LogP contribution in [0.5, 0.6) is 0 Å². The lowest BCUT2D eigenvalue weighted by Gasteiger charge is -2.25. The van der Waals surface area contributed by atoms with E-state index in [1.54, 1.807) is 6.26 Å². The molecule has 0 bridgehead atoms. The SMILES string of the molecule is CC.c1cc(CN2CCNCC2)no1. The first-order valence-corrected chi connectivity index (χ1v) is 5.27. The Balaban J connectivity index is 0.000000461. The van der Waals surface area contributed by atoms with E-state index in [-0.39, 0.29) is 0 Å². The van der Waals surface area contributed by atoms with E-state index >= 15 is 0 Å². The zero-order chi connectivity index (χ0) is 10.2. The predicted molar refractivity (Wildman–Crippen MR) is 56.0 cm³/mol. The number of hydrogen-bond donors (Lipinski definition) is 1. The quantitative estimate of drug-likeness (QED) is 0.771. The number of piperazine rings is 1. The van der Waals surface area contributed by atoms with E-state index < -0.39 is 0 Å². The van der Waals surface area contributed by atoms with Crippen molar-refractivity contribution in [3.63, 3.8) is 0 Å². The Labute approximate surface area is 85.3 Å². The minimum Gasteiger partial charge on any atom is -0.364 e. The van der Waals surface area contributed by atoms with E-state index in [9.17, 15) is 0 Å². The molecule has 0 unspecified atom stereocenters. The van der Waals surface area contributed by atoms with Crippen LogP contribution < -0.4 is 5.32 Å². The van der Waals surface area contributed by atoms with Crippen LogP contribution in [-0.2, 0) is 6.54 Å². The summed E-state index contributed by atoms with van der Waals surface area (Å²) in [7, 11) is 0. The molecule has 1 N–H and O–H groups in total. The third-order valence-corrected chi connectivity index (χ3v) is 2.09. The third-order valence-electron chi connectivity index (χ3n) is 2.09. The number of aromatic nitrogens is 1. The van der Waals surface area contributed by atoms with Crippen LogP contribution in [0.25, 0.3) is 0 Å². The summed E-state index contributed by atoms with van der Waals surface area (Å²) in [4.78, 5) is 2.37. The Bertz CT molecular complexity index is 217. The van der Waals surface area contributed by atoms with Crippen LogP contribution in [0.15, 0.2) is 16.9 Å². The van der Waals surface area contributed by atoms with Gasteiger partial charge in [0.15, 0.2) is 0 Å². The van der Waals surface area contributed by atoms with Crippen molar-refractivity contribution in [2.75, 3.05) is 26.2 Å². The molecule has 80 valence electrons. The molecule has 2 rings (SSSR count). The molecule has 0 aliphatic carbocycles. The van der Waals surface area contributed by atoms with Crippen molar-refractivity contribution >= 4 is 0 Å². The fourth-order valence-electron chi connectivity index (χ4n) is 1.42. The molecule has 1 saturated heterocycles. The highest BCUT2D eigenvalue weighted by atomic mass is 16.5. The zero-order valence-electron chi connectivity index (χ0n) is 8.99. The van der Waals surface area contributed by atoms with Gasteiger partial charge in [-0.25, -0.2) is 0 Å². The summed E-state index contributed by atoms with van der Waals surface area (Å²) < 4.78 is 4.76. The summed E-state index contributed by atoms with van der Waals surface area (Å²) in [6.45, 7) is 9.29. The molecular weight excluding hydrogens is 178 g/mol. The van der Waals surface area contributed by atoms with Crippen molar-refractivity contribution in [3.05, 3.63) is 18.0 Å². The molecule has 14 heavy (non-hydrogen) atoms. The first kappa shape index (κ1) is 11.2. The summed E-state index contributed by atoms with van der Waals surface area (Å²) in [6, 6.07) is 1.92. The second-order valence-electron chi connectivity index (χ2n) is 3.02. The summed E-state index contributed by atoms with van der Waals surface area (Å²) in [6.07, 6.45) is 1.62.